The molecule has 0 aliphatic carbocycles. The fourth-order valence-electron chi connectivity index (χ4n) is 1.33. The molecule has 0 saturated carbocycles. The van der Waals surface area contributed by atoms with Crippen LogP contribution < -0.4 is 9.47 Å². The fraction of sp³-hybridized carbons (Fsp3) is 0.364. The second kappa shape index (κ2) is 5.75. The molecule has 0 heterocycles. The Morgan fingerprint density at radius 2 is 1.93 bits per heavy atom. The molecule has 82 valence electrons. The zero-order valence-electron chi connectivity index (χ0n) is 8.75. The van der Waals surface area contributed by atoms with Crippen molar-refractivity contribution in [2.75, 3.05) is 14.2 Å². The monoisotopic (exact) mass is 272 g/mol. The SMILES string of the molecule is COc1cc(OC)c(CCC=O)cc1Br. The Hall–Kier alpha value is -1.03. The van der Waals surface area contributed by atoms with Crippen molar-refractivity contribution in [3.8, 4) is 11.5 Å². The first kappa shape index (κ1) is 12.0. The molecular weight excluding hydrogens is 260 g/mol. The van der Waals surface area contributed by atoms with Crippen molar-refractivity contribution < 1.29 is 14.3 Å². The average Bonchev–Trinajstić information content (AvgIpc) is 2.26. The maximum absolute atomic E-state index is 10.3. The van der Waals surface area contributed by atoms with Crippen LogP contribution in [0.1, 0.15) is 12.0 Å². The van der Waals surface area contributed by atoms with E-state index in [9.17, 15) is 4.79 Å². The summed E-state index contributed by atoms with van der Waals surface area (Å²) in [5.41, 5.74) is 0.997. The molecule has 0 amide bonds. The topological polar surface area (TPSA) is 35.5 Å². The van der Waals surface area contributed by atoms with Crippen LogP contribution in [0.4, 0.5) is 0 Å². The number of benzene rings is 1. The van der Waals surface area contributed by atoms with Crippen molar-refractivity contribution in [2.24, 2.45) is 0 Å². The normalized spacial score (nSPS) is 9.80. The molecule has 1 rings (SSSR count). The first-order valence-corrected chi connectivity index (χ1v) is 5.36. The Balaban J connectivity index is 3.03. The van der Waals surface area contributed by atoms with Crippen molar-refractivity contribution in [3.63, 3.8) is 0 Å². The predicted octanol–water partition coefficient (Wildman–Crippen LogP) is 2.60. The number of aryl methyl sites for hydroxylation is 1. The third kappa shape index (κ3) is 2.96. The summed E-state index contributed by atoms with van der Waals surface area (Å²) >= 11 is 3.39. The summed E-state index contributed by atoms with van der Waals surface area (Å²) in [5.74, 6) is 1.47. The molecule has 4 heteroatoms. The van der Waals surface area contributed by atoms with Crippen LogP contribution in [-0.4, -0.2) is 20.5 Å². The highest BCUT2D eigenvalue weighted by atomic mass is 79.9. The number of aldehydes is 1. The molecule has 0 fully saturated rings. The highest BCUT2D eigenvalue weighted by molar-refractivity contribution is 9.10. The lowest BCUT2D eigenvalue weighted by atomic mass is 10.1. The van der Waals surface area contributed by atoms with E-state index in [0.29, 0.717) is 12.8 Å². The van der Waals surface area contributed by atoms with Crippen LogP contribution in [-0.2, 0) is 11.2 Å². The number of carbonyl (C=O) groups excluding carboxylic acids is 1. The van der Waals surface area contributed by atoms with Crippen LogP contribution in [0.25, 0.3) is 0 Å². The van der Waals surface area contributed by atoms with Gasteiger partial charge in [0.05, 0.1) is 18.7 Å². The molecule has 0 N–H and O–H groups in total. The lowest BCUT2D eigenvalue weighted by Crippen LogP contribution is -1.95. The number of hydrogen-bond acceptors (Lipinski definition) is 3. The van der Waals surface area contributed by atoms with Crippen LogP contribution in [0.3, 0.4) is 0 Å². The van der Waals surface area contributed by atoms with Gasteiger partial charge in [-0.1, -0.05) is 0 Å². The highest BCUT2D eigenvalue weighted by Crippen LogP contribution is 2.33. The molecule has 3 nitrogen and oxygen atoms in total. The van der Waals surface area contributed by atoms with Crippen LogP contribution in [0.5, 0.6) is 11.5 Å². The van der Waals surface area contributed by atoms with E-state index in [1.165, 1.54) is 0 Å². The van der Waals surface area contributed by atoms with Gasteiger partial charge in [-0.3, -0.25) is 0 Å². The molecule has 0 saturated heterocycles. The molecule has 1 aromatic rings. The number of halogens is 1. The Morgan fingerprint density at radius 3 is 2.47 bits per heavy atom. The highest BCUT2D eigenvalue weighted by Gasteiger charge is 2.08. The van der Waals surface area contributed by atoms with Gasteiger partial charge in [-0.05, 0) is 34.0 Å². The molecule has 0 aromatic heterocycles. The number of methoxy groups -OCH3 is 2. The number of ether oxygens (including phenoxy) is 2. The zero-order valence-corrected chi connectivity index (χ0v) is 10.3. The van der Waals surface area contributed by atoms with Gasteiger partial charge in [0.25, 0.3) is 0 Å². The van der Waals surface area contributed by atoms with Gasteiger partial charge in [0.15, 0.2) is 0 Å². The predicted molar refractivity (Wildman–Crippen MR) is 61.6 cm³/mol. The molecular formula is C11H13BrO3. The van der Waals surface area contributed by atoms with Gasteiger partial charge >= 0.3 is 0 Å². The molecule has 0 radical (unpaired) electrons. The van der Waals surface area contributed by atoms with E-state index in [-0.39, 0.29) is 0 Å². The van der Waals surface area contributed by atoms with Gasteiger partial charge in [0.1, 0.15) is 17.8 Å². The maximum atomic E-state index is 10.3. The van der Waals surface area contributed by atoms with Gasteiger partial charge < -0.3 is 14.3 Å². The average molecular weight is 273 g/mol. The third-order valence-electron chi connectivity index (χ3n) is 2.09. The first-order valence-electron chi connectivity index (χ1n) is 4.57. The molecule has 0 unspecified atom stereocenters. The van der Waals surface area contributed by atoms with Crippen LogP contribution >= 0.6 is 15.9 Å². The van der Waals surface area contributed by atoms with Crippen molar-refractivity contribution in [2.45, 2.75) is 12.8 Å². The Labute approximate surface area is 97.5 Å². The minimum absolute atomic E-state index is 0.495. The molecule has 0 bridgehead atoms. The van der Waals surface area contributed by atoms with Crippen molar-refractivity contribution in [1.82, 2.24) is 0 Å². The maximum Gasteiger partial charge on any atom is 0.136 e. The summed E-state index contributed by atoms with van der Waals surface area (Å²) in [5, 5.41) is 0. The van der Waals surface area contributed by atoms with E-state index < -0.39 is 0 Å². The smallest absolute Gasteiger partial charge is 0.136 e. The second-order valence-electron chi connectivity index (χ2n) is 3.00. The lowest BCUT2D eigenvalue weighted by molar-refractivity contribution is -0.107. The Kier molecular flexibility index (Phi) is 4.62. The largest absolute Gasteiger partial charge is 0.496 e. The van der Waals surface area contributed by atoms with E-state index >= 15 is 0 Å². The van der Waals surface area contributed by atoms with E-state index in [4.69, 9.17) is 9.47 Å². The lowest BCUT2D eigenvalue weighted by Gasteiger charge is -2.11. The van der Waals surface area contributed by atoms with Crippen molar-refractivity contribution in [3.05, 3.63) is 22.2 Å². The van der Waals surface area contributed by atoms with E-state index in [1.807, 2.05) is 12.1 Å². The Morgan fingerprint density at radius 1 is 1.27 bits per heavy atom. The quantitative estimate of drug-likeness (QED) is 0.773. The summed E-state index contributed by atoms with van der Waals surface area (Å²) in [4.78, 5) is 10.3. The third-order valence-corrected chi connectivity index (χ3v) is 2.71. The fourth-order valence-corrected chi connectivity index (χ4v) is 1.88. The van der Waals surface area contributed by atoms with Gasteiger partial charge in [-0.25, -0.2) is 0 Å². The van der Waals surface area contributed by atoms with Crippen LogP contribution in [0, 0.1) is 0 Å². The molecule has 0 atom stereocenters. The first-order chi connectivity index (χ1) is 7.22. The molecule has 15 heavy (non-hydrogen) atoms. The van der Waals surface area contributed by atoms with Gasteiger partial charge in [0.2, 0.25) is 0 Å². The van der Waals surface area contributed by atoms with E-state index in [0.717, 1.165) is 27.8 Å². The van der Waals surface area contributed by atoms with Gasteiger partial charge in [-0.15, -0.1) is 0 Å². The van der Waals surface area contributed by atoms with Crippen molar-refractivity contribution >= 4 is 22.2 Å². The zero-order chi connectivity index (χ0) is 11.3. The summed E-state index contributed by atoms with van der Waals surface area (Å²) < 4.78 is 11.2. The van der Waals surface area contributed by atoms with Gasteiger partial charge in [0, 0.05) is 12.5 Å². The van der Waals surface area contributed by atoms with Gasteiger partial charge in [-0.2, -0.15) is 0 Å². The number of rotatable bonds is 5. The Bertz CT molecular complexity index is 350. The molecule has 0 spiro atoms. The van der Waals surface area contributed by atoms with Crippen LogP contribution in [0.2, 0.25) is 0 Å². The minimum atomic E-state index is 0.495. The molecule has 0 aliphatic heterocycles. The summed E-state index contributed by atoms with van der Waals surface area (Å²) in [6.07, 6.45) is 2.07. The molecule has 0 aliphatic rings. The molecule has 1 aromatic carbocycles. The van der Waals surface area contributed by atoms with Crippen molar-refractivity contribution in [1.29, 1.82) is 0 Å². The summed E-state index contributed by atoms with van der Waals surface area (Å²) in [6, 6.07) is 3.73. The number of hydrogen-bond donors (Lipinski definition) is 0. The minimum Gasteiger partial charge on any atom is -0.496 e. The standard InChI is InChI=1S/C11H13BrO3/c1-14-10-7-11(15-2)9(12)6-8(10)4-3-5-13/h5-7H,3-4H2,1-2H3. The van der Waals surface area contributed by atoms with Crippen LogP contribution in [0.15, 0.2) is 16.6 Å². The second-order valence-corrected chi connectivity index (χ2v) is 3.86. The summed E-state index contributed by atoms with van der Waals surface area (Å²) in [7, 11) is 3.21. The number of carbonyl (C=O) groups is 1. The summed E-state index contributed by atoms with van der Waals surface area (Å²) in [6.45, 7) is 0. The van der Waals surface area contributed by atoms with E-state index in [2.05, 4.69) is 15.9 Å². The van der Waals surface area contributed by atoms with E-state index in [1.54, 1.807) is 14.2 Å².